The van der Waals surface area contributed by atoms with Gasteiger partial charge in [0, 0.05) is 69.2 Å². The van der Waals surface area contributed by atoms with Crippen molar-refractivity contribution < 1.29 is 18.8 Å². The first-order chi connectivity index (χ1) is 17.0. The fourth-order valence-electron chi connectivity index (χ4n) is 5.45. The fourth-order valence-corrected chi connectivity index (χ4v) is 5.45. The van der Waals surface area contributed by atoms with Crippen LogP contribution in [0.15, 0.2) is 48.8 Å². The number of anilines is 1. The molecule has 3 aliphatic heterocycles. The molecule has 2 aromatic heterocycles. The Hall–Kier alpha value is -3.72. The van der Waals surface area contributed by atoms with Crippen LogP contribution in [0.2, 0.25) is 0 Å². The number of aromatic nitrogens is 1. The molecule has 0 aliphatic carbocycles. The van der Waals surface area contributed by atoms with Gasteiger partial charge in [-0.15, -0.1) is 0 Å². The first-order valence-electron chi connectivity index (χ1n) is 12.0. The molecule has 3 aliphatic rings. The van der Waals surface area contributed by atoms with Crippen molar-refractivity contribution in [3.05, 3.63) is 71.3 Å². The molecule has 1 atom stereocenters. The van der Waals surface area contributed by atoms with E-state index in [1.54, 1.807) is 6.07 Å². The largest absolute Gasteiger partial charge is 0.367 e. The third-order valence-corrected chi connectivity index (χ3v) is 7.35. The van der Waals surface area contributed by atoms with Gasteiger partial charge >= 0.3 is 0 Å². The molecule has 35 heavy (non-hydrogen) atoms. The summed E-state index contributed by atoms with van der Waals surface area (Å²) in [5, 5.41) is 2.30. The van der Waals surface area contributed by atoms with E-state index >= 15 is 4.39 Å². The van der Waals surface area contributed by atoms with Crippen LogP contribution in [0.25, 0.3) is 5.52 Å². The quantitative estimate of drug-likeness (QED) is 0.586. The van der Waals surface area contributed by atoms with E-state index in [0.717, 1.165) is 25.2 Å². The minimum absolute atomic E-state index is 0.194. The van der Waals surface area contributed by atoms with Gasteiger partial charge in [0.05, 0.1) is 5.69 Å². The van der Waals surface area contributed by atoms with Crippen molar-refractivity contribution >= 4 is 28.9 Å². The Morgan fingerprint density at radius 3 is 2.63 bits per heavy atom. The Bertz CT molecular complexity index is 1340. The van der Waals surface area contributed by atoms with Crippen molar-refractivity contribution in [2.24, 2.45) is 0 Å². The number of hydrogen-bond acceptors (Lipinski definition) is 5. The van der Waals surface area contributed by atoms with Crippen LogP contribution in [-0.4, -0.2) is 64.1 Å². The second-order valence-corrected chi connectivity index (χ2v) is 9.46. The van der Waals surface area contributed by atoms with Gasteiger partial charge in [0.1, 0.15) is 11.9 Å². The lowest BCUT2D eigenvalue weighted by atomic mass is 10.0. The Morgan fingerprint density at radius 1 is 1.00 bits per heavy atom. The Labute approximate surface area is 201 Å². The monoisotopic (exact) mass is 475 g/mol. The van der Waals surface area contributed by atoms with Crippen LogP contribution in [-0.2, 0) is 22.7 Å². The van der Waals surface area contributed by atoms with Gasteiger partial charge in [-0.1, -0.05) is 6.07 Å². The smallest absolute Gasteiger partial charge is 0.255 e. The molecule has 9 heteroatoms. The van der Waals surface area contributed by atoms with E-state index in [0.29, 0.717) is 30.8 Å². The Kier molecular flexibility index (Phi) is 5.29. The number of amides is 3. The Morgan fingerprint density at radius 2 is 1.83 bits per heavy atom. The van der Waals surface area contributed by atoms with Crippen molar-refractivity contribution in [2.75, 3.05) is 31.1 Å². The summed E-state index contributed by atoms with van der Waals surface area (Å²) in [7, 11) is 0. The highest BCUT2D eigenvalue weighted by molar-refractivity contribution is 6.05. The number of hydrogen-bond donors (Lipinski definition) is 1. The van der Waals surface area contributed by atoms with E-state index in [1.165, 1.54) is 22.0 Å². The van der Waals surface area contributed by atoms with Crippen LogP contribution >= 0.6 is 0 Å². The lowest BCUT2D eigenvalue weighted by Gasteiger charge is -2.36. The van der Waals surface area contributed by atoms with Crippen LogP contribution < -0.4 is 10.2 Å². The highest BCUT2D eigenvalue weighted by Gasteiger charge is 2.40. The minimum atomic E-state index is -0.701. The topological polar surface area (TPSA) is 77.4 Å². The first kappa shape index (κ1) is 21.8. The number of benzene rings is 1. The summed E-state index contributed by atoms with van der Waals surface area (Å²) in [6.45, 7) is 4.08. The predicted molar refractivity (Wildman–Crippen MR) is 127 cm³/mol. The van der Waals surface area contributed by atoms with Gasteiger partial charge in [-0.25, -0.2) is 4.39 Å². The second kappa shape index (κ2) is 8.49. The molecule has 2 fully saturated rings. The average Bonchev–Trinajstić information content (AvgIpc) is 3.40. The molecule has 1 unspecified atom stereocenters. The maximum absolute atomic E-state index is 15.1. The van der Waals surface area contributed by atoms with E-state index in [-0.39, 0.29) is 24.8 Å². The van der Waals surface area contributed by atoms with Crippen LogP contribution in [0.4, 0.5) is 10.1 Å². The summed E-state index contributed by atoms with van der Waals surface area (Å²) >= 11 is 0. The third-order valence-electron chi connectivity index (χ3n) is 7.35. The zero-order chi connectivity index (χ0) is 24.1. The highest BCUT2D eigenvalue weighted by Crippen LogP contribution is 2.33. The predicted octanol–water partition coefficient (Wildman–Crippen LogP) is 2.16. The van der Waals surface area contributed by atoms with E-state index < -0.39 is 17.8 Å². The highest BCUT2D eigenvalue weighted by atomic mass is 19.1. The van der Waals surface area contributed by atoms with Gasteiger partial charge in [-0.05, 0) is 47.9 Å². The lowest BCUT2D eigenvalue weighted by Crippen LogP contribution is -2.52. The standard InChI is InChI=1S/C26H26FN5O3/c27-20-14-19-18(16-32(26(19)35)22-4-5-24(33)28-25(22)34)13-23(20)31-11-9-29(10-12-31)15-17-6-8-30-7-2-1-3-21(17)30/h1-3,6-8,13-14,22H,4-5,9-12,15-16H2,(H,28,33,34). The Balaban J connectivity index is 1.14. The fraction of sp³-hybridized carbons (Fsp3) is 0.346. The number of fused-ring (bicyclic) bond motifs is 2. The molecule has 3 aromatic rings. The van der Waals surface area contributed by atoms with Crippen molar-refractivity contribution in [3.8, 4) is 0 Å². The molecule has 0 spiro atoms. The number of imide groups is 1. The normalized spacial score (nSPS) is 21.1. The van der Waals surface area contributed by atoms with Crippen molar-refractivity contribution in [1.29, 1.82) is 0 Å². The SMILES string of the molecule is O=C1CCC(N2Cc3cc(N4CCN(Cc5ccn6ccccc56)CC4)c(F)cc3C2=O)C(=O)N1. The number of pyridine rings is 1. The number of piperazine rings is 1. The van der Waals surface area contributed by atoms with Gasteiger partial charge in [-0.3, -0.25) is 24.6 Å². The number of carbonyl (C=O) groups excluding carboxylic acids is 3. The third kappa shape index (κ3) is 3.85. The maximum atomic E-state index is 15.1. The minimum Gasteiger partial charge on any atom is -0.367 e. The number of halogens is 1. The summed E-state index contributed by atoms with van der Waals surface area (Å²) in [5.74, 6) is -1.57. The molecule has 2 saturated heterocycles. The molecule has 180 valence electrons. The lowest BCUT2D eigenvalue weighted by molar-refractivity contribution is -0.136. The molecule has 1 aromatic carbocycles. The summed E-state index contributed by atoms with van der Waals surface area (Å²) in [5.41, 5.74) is 3.99. The van der Waals surface area contributed by atoms with E-state index in [4.69, 9.17) is 0 Å². The molecule has 3 amide bonds. The molecule has 0 radical (unpaired) electrons. The molecule has 0 saturated carbocycles. The van der Waals surface area contributed by atoms with E-state index in [9.17, 15) is 14.4 Å². The van der Waals surface area contributed by atoms with Crippen molar-refractivity contribution in [1.82, 2.24) is 19.5 Å². The number of nitrogens with one attached hydrogen (secondary N) is 1. The second-order valence-electron chi connectivity index (χ2n) is 9.46. The van der Waals surface area contributed by atoms with E-state index in [1.807, 2.05) is 23.2 Å². The number of carbonyl (C=O) groups is 3. The molecule has 0 bridgehead atoms. The molecule has 8 nitrogen and oxygen atoms in total. The van der Waals surface area contributed by atoms with Gasteiger partial charge in [0.25, 0.3) is 5.91 Å². The number of piperidine rings is 1. The summed E-state index contributed by atoms with van der Waals surface area (Å²) in [4.78, 5) is 42.5. The van der Waals surface area contributed by atoms with Crippen molar-refractivity contribution in [3.63, 3.8) is 0 Å². The zero-order valence-electron chi connectivity index (χ0n) is 19.2. The van der Waals surface area contributed by atoms with Crippen LogP contribution in [0, 0.1) is 5.82 Å². The number of rotatable bonds is 4. The first-order valence-corrected chi connectivity index (χ1v) is 12.0. The molecule has 5 heterocycles. The maximum Gasteiger partial charge on any atom is 0.255 e. The molecule has 6 rings (SSSR count). The van der Waals surface area contributed by atoms with Gasteiger partial charge < -0.3 is 14.2 Å². The van der Waals surface area contributed by atoms with Gasteiger partial charge in [0.2, 0.25) is 11.8 Å². The van der Waals surface area contributed by atoms with Gasteiger partial charge in [0.15, 0.2) is 0 Å². The van der Waals surface area contributed by atoms with Crippen molar-refractivity contribution in [2.45, 2.75) is 32.0 Å². The number of nitrogens with zero attached hydrogens (tertiary/aromatic N) is 4. The molecule has 1 N–H and O–H groups in total. The van der Waals surface area contributed by atoms with Crippen LogP contribution in [0.3, 0.4) is 0 Å². The van der Waals surface area contributed by atoms with Gasteiger partial charge in [-0.2, -0.15) is 0 Å². The molecular formula is C26H26FN5O3. The van der Waals surface area contributed by atoms with Crippen LogP contribution in [0.5, 0.6) is 0 Å². The summed E-state index contributed by atoms with van der Waals surface area (Å²) < 4.78 is 17.2. The average molecular weight is 476 g/mol. The summed E-state index contributed by atoms with van der Waals surface area (Å²) in [6, 6.07) is 10.7. The summed E-state index contributed by atoms with van der Waals surface area (Å²) in [6.07, 6.45) is 4.60. The van der Waals surface area contributed by atoms with E-state index in [2.05, 4.69) is 32.9 Å². The molecular weight excluding hydrogens is 449 g/mol. The van der Waals surface area contributed by atoms with Crippen LogP contribution in [0.1, 0.15) is 34.3 Å². The zero-order valence-corrected chi connectivity index (χ0v) is 19.2.